The number of rotatable bonds is 0. The summed E-state index contributed by atoms with van der Waals surface area (Å²) in [6, 6.07) is 0. The van der Waals surface area contributed by atoms with Crippen LogP contribution in [0, 0.1) is 0 Å². The van der Waals surface area contributed by atoms with E-state index in [1.807, 2.05) is 0 Å². The zero-order valence-electron chi connectivity index (χ0n) is 4.39. The largest absolute Gasteiger partial charge is 2.00 e. The van der Waals surface area contributed by atoms with Crippen LogP contribution in [0.25, 0.3) is 0 Å². The van der Waals surface area contributed by atoms with Gasteiger partial charge in [-0.1, -0.05) is 0 Å². The minimum Gasteiger partial charge on any atom is -0.759 e. The molecule has 0 aliphatic heterocycles. The molecule has 0 atom stereocenters. The molecule has 0 rings (SSSR count). The Bertz CT molecular complexity index is 99.2. The van der Waals surface area contributed by atoms with Crippen molar-refractivity contribution in [3.05, 3.63) is 0 Å². The maximum atomic E-state index is 8.52. The van der Waals surface area contributed by atoms with Gasteiger partial charge in [0.15, 0.2) is 0 Å². The second-order valence-corrected chi connectivity index (χ2v) is 1.22. The first kappa shape index (κ1) is 22.8. The van der Waals surface area contributed by atoms with Gasteiger partial charge in [0.05, 0.1) is 0 Å². The third kappa shape index (κ3) is 163. The van der Waals surface area contributed by atoms with Crippen LogP contribution in [0.15, 0.2) is 0 Å². The molecule has 4 N–H and O–H groups in total. The van der Waals surface area contributed by atoms with E-state index >= 15 is 0 Å². The van der Waals surface area contributed by atoms with Gasteiger partial charge in [0.1, 0.15) is 0 Å². The SMILES string of the molecule is O=S(=O)([O-])[O-].[Fe+2].[NH4+].[Na+]. The van der Waals surface area contributed by atoms with Crippen molar-refractivity contribution in [3.63, 3.8) is 0 Å². The summed E-state index contributed by atoms with van der Waals surface area (Å²) in [5.74, 6) is 0. The molecule has 0 saturated carbocycles. The summed E-state index contributed by atoms with van der Waals surface area (Å²) in [5, 5.41) is 0. The first-order valence-electron chi connectivity index (χ1n) is 0.667. The second-order valence-electron chi connectivity index (χ2n) is 0.408. The first-order chi connectivity index (χ1) is 2.00. The molecule has 0 amide bonds. The molecule has 46 valence electrons. The van der Waals surface area contributed by atoms with Crippen LogP contribution in [-0.4, -0.2) is 17.5 Å². The van der Waals surface area contributed by atoms with Gasteiger partial charge in [0, 0.05) is 10.4 Å². The van der Waals surface area contributed by atoms with Crippen molar-refractivity contribution in [1.82, 2.24) is 6.15 Å². The standard InChI is InChI=1S/Fe.H3N.Na.H2O4S/c;;;1-5(2,3)4/h;1H3;;(H2,1,2,3,4)/q+2;;+1;/p-1. The van der Waals surface area contributed by atoms with E-state index in [1.54, 1.807) is 0 Å². The second kappa shape index (κ2) is 8.35. The van der Waals surface area contributed by atoms with Crippen molar-refractivity contribution in [1.29, 1.82) is 0 Å². The van der Waals surface area contributed by atoms with Gasteiger partial charge in [-0.05, 0) is 0 Å². The summed E-state index contributed by atoms with van der Waals surface area (Å²) >= 11 is 0. The Morgan fingerprint density at radius 2 is 1.12 bits per heavy atom. The maximum Gasteiger partial charge on any atom is 2.00 e. The van der Waals surface area contributed by atoms with Crippen molar-refractivity contribution < 1.29 is 64.1 Å². The Hall–Kier alpha value is 1.35. The fraction of sp³-hybridized carbons (Fsp3) is 0. The van der Waals surface area contributed by atoms with E-state index in [4.69, 9.17) is 17.5 Å². The van der Waals surface area contributed by atoms with Crippen LogP contribution >= 0.6 is 0 Å². The fourth-order valence-electron chi connectivity index (χ4n) is 0. The molecule has 5 nitrogen and oxygen atoms in total. The van der Waals surface area contributed by atoms with Crippen molar-refractivity contribution in [2.45, 2.75) is 0 Å². The maximum absolute atomic E-state index is 8.52. The molecule has 0 aliphatic carbocycles. The molecule has 8 heteroatoms. The Morgan fingerprint density at radius 3 is 1.12 bits per heavy atom. The van der Waals surface area contributed by atoms with Crippen LogP contribution in [0.5, 0.6) is 0 Å². The average molecular weight is 193 g/mol. The number of hydrogen-bond acceptors (Lipinski definition) is 4. The molecular formula is H4FeNNaO4S+2. The zero-order chi connectivity index (χ0) is 4.50. The molecule has 8 heavy (non-hydrogen) atoms. The first-order valence-corrected chi connectivity index (χ1v) is 2.00. The molecule has 0 radical (unpaired) electrons. The van der Waals surface area contributed by atoms with Gasteiger partial charge in [-0.3, -0.25) is 8.42 Å². The van der Waals surface area contributed by atoms with Crippen molar-refractivity contribution in [2.75, 3.05) is 0 Å². The fourth-order valence-corrected chi connectivity index (χ4v) is 0. The molecule has 0 aliphatic rings. The Balaban J connectivity index is -0.0000000267. The van der Waals surface area contributed by atoms with Crippen molar-refractivity contribution >= 4 is 10.4 Å². The molecule has 0 aromatic rings. The Morgan fingerprint density at radius 1 is 1.12 bits per heavy atom. The Labute approximate surface area is 80.2 Å². The van der Waals surface area contributed by atoms with Crippen LogP contribution in [-0.2, 0) is 27.5 Å². The molecule has 0 saturated heterocycles. The topological polar surface area (TPSA) is 117 Å². The van der Waals surface area contributed by atoms with Crippen LogP contribution in [0.3, 0.4) is 0 Å². The van der Waals surface area contributed by atoms with E-state index in [2.05, 4.69) is 0 Å². The third-order valence-corrected chi connectivity index (χ3v) is 0. The third-order valence-electron chi connectivity index (χ3n) is 0. The molecule has 0 unspecified atom stereocenters. The summed E-state index contributed by atoms with van der Waals surface area (Å²) in [6.07, 6.45) is 0. The van der Waals surface area contributed by atoms with E-state index in [1.165, 1.54) is 0 Å². The minimum absolute atomic E-state index is 0. The van der Waals surface area contributed by atoms with E-state index in [0.29, 0.717) is 0 Å². The van der Waals surface area contributed by atoms with Gasteiger partial charge in [0.25, 0.3) is 0 Å². The van der Waals surface area contributed by atoms with E-state index < -0.39 is 10.4 Å². The van der Waals surface area contributed by atoms with Gasteiger partial charge in [-0.2, -0.15) is 0 Å². The van der Waals surface area contributed by atoms with E-state index in [9.17, 15) is 0 Å². The summed E-state index contributed by atoms with van der Waals surface area (Å²) in [7, 11) is -5.17. The van der Waals surface area contributed by atoms with Crippen molar-refractivity contribution in [3.8, 4) is 0 Å². The quantitative estimate of drug-likeness (QED) is 0.240. The van der Waals surface area contributed by atoms with E-state index in [-0.39, 0.29) is 52.8 Å². The monoisotopic (exact) mass is 193 g/mol. The van der Waals surface area contributed by atoms with Crippen LogP contribution in [0.2, 0.25) is 0 Å². The average Bonchev–Trinajstić information content (AvgIpc) is 0.722. The summed E-state index contributed by atoms with van der Waals surface area (Å²) < 4.78 is 34.1. The Kier molecular flexibility index (Phi) is 23.8. The molecule has 0 aromatic carbocycles. The smallest absolute Gasteiger partial charge is 0.759 e. The van der Waals surface area contributed by atoms with E-state index in [0.717, 1.165) is 0 Å². The summed E-state index contributed by atoms with van der Waals surface area (Å²) in [4.78, 5) is 0. The number of hydrogen-bond donors (Lipinski definition) is 1. The van der Waals surface area contributed by atoms with Crippen molar-refractivity contribution in [2.24, 2.45) is 0 Å². The van der Waals surface area contributed by atoms with Gasteiger partial charge >= 0.3 is 46.6 Å². The molecule has 0 bridgehead atoms. The predicted octanol–water partition coefficient (Wildman–Crippen LogP) is -3.96. The van der Waals surface area contributed by atoms with Gasteiger partial charge in [-0.15, -0.1) is 0 Å². The van der Waals surface area contributed by atoms with Crippen LogP contribution in [0.1, 0.15) is 0 Å². The van der Waals surface area contributed by atoms with Gasteiger partial charge in [0.2, 0.25) is 0 Å². The predicted molar refractivity (Wildman–Crippen MR) is 16.5 cm³/mol. The van der Waals surface area contributed by atoms with Crippen LogP contribution in [0.4, 0.5) is 0 Å². The van der Waals surface area contributed by atoms with Crippen LogP contribution < -0.4 is 35.7 Å². The van der Waals surface area contributed by atoms with Gasteiger partial charge < -0.3 is 15.3 Å². The number of quaternary nitrogens is 1. The normalized spacial score (nSPS) is 7.25. The molecular weight excluding hydrogens is 189 g/mol. The molecule has 0 heterocycles. The van der Waals surface area contributed by atoms with Gasteiger partial charge in [-0.25, -0.2) is 0 Å². The molecule has 0 fully saturated rings. The minimum atomic E-state index is -5.17. The summed E-state index contributed by atoms with van der Waals surface area (Å²) in [6.45, 7) is 0. The molecule has 0 spiro atoms. The summed E-state index contributed by atoms with van der Waals surface area (Å²) in [5.41, 5.74) is 0. The molecule has 0 aromatic heterocycles. The zero-order valence-corrected chi connectivity index (χ0v) is 8.32.